The zero-order valence-corrected chi connectivity index (χ0v) is 12.1. The van der Waals surface area contributed by atoms with E-state index in [9.17, 15) is 4.79 Å². The average molecular weight is 280 g/mol. The Bertz CT molecular complexity index is 717. The van der Waals surface area contributed by atoms with Gasteiger partial charge >= 0.3 is 5.97 Å². The molecule has 0 aliphatic carbocycles. The van der Waals surface area contributed by atoms with Crippen molar-refractivity contribution in [3.8, 4) is 11.5 Å². The summed E-state index contributed by atoms with van der Waals surface area (Å²) in [4.78, 5) is 11.2. The highest BCUT2D eigenvalue weighted by Crippen LogP contribution is 2.46. The summed E-state index contributed by atoms with van der Waals surface area (Å²) in [6.07, 6.45) is -0.187. The van der Waals surface area contributed by atoms with Gasteiger partial charge in [-0.15, -0.1) is 0 Å². The number of benzene rings is 2. The SMILES string of the molecule is C=C1c2cc(OC(C)=O)c(C)cc2OC1c1ccccc1. The smallest absolute Gasteiger partial charge is 0.308 e. The van der Waals surface area contributed by atoms with E-state index in [2.05, 4.69) is 6.58 Å². The molecular weight excluding hydrogens is 264 g/mol. The van der Waals surface area contributed by atoms with Crippen LogP contribution in [0.4, 0.5) is 0 Å². The molecule has 1 unspecified atom stereocenters. The molecule has 21 heavy (non-hydrogen) atoms. The predicted molar refractivity (Wildman–Crippen MR) is 81.3 cm³/mol. The van der Waals surface area contributed by atoms with Crippen molar-refractivity contribution >= 4 is 11.5 Å². The summed E-state index contributed by atoms with van der Waals surface area (Å²) in [7, 11) is 0. The van der Waals surface area contributed by atoms with Crippen molar-refractivity contribution in [2.45, 2.75) is 20.0 Å². The molecule has 1 heterocycles. The minimum absolute atomic E-state index is 0.187. The maximum Gasteiger partial charge on any atom is 0.308 e. The molecule has 0 radical (unpaired) electrons. The zero-order chi connectivity index (χ0) is 15.0. The lowest BCUT2D eigenvalue weighted by molar-refractivity contribution is -0.131. The molecule has 0 fully saturated rings. The molecule has 106 valence electrons. The first-order valence-electron chi connectivity index (χ1n) is 6.80. The molecule has 1 aliphatic rings. The minimum atomic E-state index is -0.331. The van der Waals surface area contributed by atoms with Gasteiger partial charge in [0, 0.05) is 18.1 Å². The van der Waals surface area contributed by atoms with E-state index in [4.69, 9.17) is 9.47 Å². The van der Waals surface area contributed by atoms with E-state index in [0.717, 1.165) is 28.0 Å². The monoisotopic (exact) mass is 280 g/mol. The van der Waals surface area contributed by atoms with Gasteiger partial charge in [-0.25, -0.2) is 0 Å². The first-order valence-corrected chi connectivity index (χ1v) is 6.80. The number of esters is 1. The number of carbonyl (C=O) groups is 1. The number of hydrogen-bond donors (Lipinski definition) is 0. The molecule has 3 heteroatoms. The first kappa shape index (κ1) is 13.4. The predicted octanol–water partition coefficient (Wildman–Crippen LogP) is 4.07. The van der Waals surface area contributed by atoms with Crippen molar-refractivity contribution < 1.29 is 14.3 Å². The van der Waals surface area contributed by atoms with Gasteiger partial charge in [0.1, 0.15) is 17.6 Å². The molecule has 3 rings (SSSR count). The molecular formula is C18H16O3. The molecule has 2 aromatic carbocycles. The third kappa shape index (κ3) is 2.42. The molecule has 0 saturated carbocycles. The van der Waals surface area contributed by atoms with Crippen LogP contribution in [0.15, 0.2) is 49.0 Å². The second-order valence-corrected chi connectivity index (χ2v) is 5.14. The maximum atomic E-state index is 11.2. The Hall–Kier alpha value is -2.55. The van der Waals surface area contributed by atoms with Crippen molar-refractivity contribution in [3.05, 3.63) is 65.7 Å². The van der Waals surface area contributed by atoms with E-state index in [-0.39, 0.29) is 12.1 Å². The first-order chi connectivity index (χ1) is 10.1. The van der Waals surface area contributed by atoms with E-state index < -0.39 is 0 Å². The number of ether oxygens (including phenoxy) is 2. The average Bonchev–Trinajstić information content (AvgIpc) is 2.77. The van der Waals surface area contributed by atoms with Gasteiger partial charge in [0.05, 0.1) is 0 Å². The fraction of sp³-hybridized carbons (Fsp3) is 0.167. The van der Waals surface area contributed by atoms with Crippen LogP contribution in [0.2, 0.25) is 0 Å². The third-order valence-corrected chi connectivity index (χ3v) is 3.54. The Kier molecular flexibility index (Phi) is 3.26. The lowest BCUT2D eigenvalue weighted by atomic mass is 9.98. The van der Waals surface area contributed by atoms with Crippen LogP contribution in [0.1, 0.15) is 29.7 Å². The second kappa shape index (κ2) is 5.09. The van der Waals surface area contributed by atoms with Crippen LogP contribution in [0.3, 0.4) is 0 Å². The molecule has 0 saturated heterocycles. The Balaban J connectivity index is 1.98. The van der Waals surface area contributed by atoms with Gasteiger partial charge in [-0.1, -0.05) is 36.9 Å². The standard InChI is InChI=1S/C18H16O3/c1-11-9-17-15(10-16(11)20-13(3)19)12(2)18(21-17)14-7-5-4-6-8-14/h4-10,18H,2H2,1,3H3. The molecule has 2 aromatic rings. The largest absolute Gasteiger partial charge is 0.480 e. The van der Waals surface area contributed by atoms with Crippen molar-refractivity contribution in [1.29, 1.82) is 0 Å². The van der Waals surface area contributed by atoms with Crippen LogP contribution < -0.4 is 9.47 Å². The van der Waals surface area contributed by atoms with Crippen LogP contribution in [0, 0.1) is 6.92 Å². The van der Waals surface area contributed by atoms with Gasteiger partial charge in [-0.05, 0) is 30.2 Å². The molecule has 0 amide bonds. The van der Waals surface area contributed by atoms with Gasteiger partial charge < -0.3 is 9.47 Å². The quantitative estimate of drug-likeness (QED) is 0.614. The van der Waals surface area contributed by atoms with E-state index >= 15 is 0 Å². The number of rotatable bonds is 2. The Morgan fingerprint density at radius 1 is 1.24 bits per heavy atom. The van der Waals surface area contributed by atoms with Crippen LogP contribution in [-0.2, 0) is 4.79 Å². The molecule has 1 atom stereocenters. The van der Waals surface area contributed by atoms with Crippen LogP contribution in [-0.4, -0.2) is 5.97 Å². The van der Waals surface area contributed by atoms with Gasteiger partial charge in [-0.3, -0.25) is 4.79 Å². The number of hydrogen-bond acceptors (Lipinski definition) is 3. The van der Waals surface area contributed by atoms with Crippen LogP contribution in [0.5, 0.6) is 11.5 Å². The molecule has 1 aliphatic heterocycles. The normalized spacial score (nSPS) is 16.3. The second-order valence-electron chi connectivity index (χ2n) is 5.14. The Morgan fingerprint density at radius 2 is 1.95 bits per heavy atom. The summed E-state index contributed by atoms with van der Waals surface area (Å²) in [5.74, 6) is 1.00. The highest BCUT2D eigenvalue weighted by atomic mass is 16.5. The summed E-state index contributed by atoms with van der Waals surface area (Å²) in [6, 6.07) is 13.7. The van der Waals surface area contributed by atoms with Gasteiger partial charge in [-0.2, -0.15) is 0 Å². The number of carbonyl (C=O) groups excluding carboxylic acids is 1. The van der Waals surface area contributed by atoms with Gasteiger partial charge in [0.15, 0.2) is 0 Å². The lowest BCUT2D eigenvalue weighted by Gasteiger charge is -2.11. The zero-order valence-electron chi connectivity index (χ0n) is 12.1. The highest BCUT2D eigenvalue weighted by molar-refractivity contribution is 5.79. The summed E-state index contributed by atoms with van der Waals surface area (Å²) >= 11 is 0. The molecule has 3 nitrogen and oxygen atoms in total. The fourth-order valence-electron chi connectivity index (χ4n) is 2.51. The Morgan fingerprint density at radius 3 is 2.62 bits per heavy atom. The van der Waals surface area contributed by atoms with Crippen LogP contribution >= 0.6 is 0 Å². The van der Waals surface area contributed by atoms with E-state index in [1.54, 1.807) is 0 Å². The van der Waals surface area contributed by atoms with Crippen molar-refractivity contribution in [3.63, 3.8) is 0 Å². The van der Waals surface area contributed by atoms with Crippen molar-refractivity contribution in [1.82, 2.24) is 0 Å². The van der Waals surface area contributed by atoms with E-state index in [1.807, 2.05) is 49.4 Å². The lowest BCUT2D eigenvalue weighted by Crippen LogP contribution is -2.03. The molecule has 0 N–H and O–H groups in total. The third-order valence-electron chi connectivity index (χ3n) is 3.54. The number of aryl methyl sites for hydroxylation is 1. The minimum Gasteiger partial charge on any atom is -0.480 e. The van der Waals surface area contributed by atoms with E-state index in [0.29, 0.717) is 5.75 Å². The summed E-state index contributed by atoms with van der Waals surface area (Å²) in [5, 5.41) is 0. The summed E-state index contributed by atoms with van der Waals surface area (Å²) in [5.41, 5.74) is 3.70. The van der Waals surface area contributed by atoms with E-state index in [1.165, 1.54) is 6.92 Å². The van der Waals surface area contributed by atoms with Crippen molar-refractivity contribution in [2.24, 2.45) is 0 Å². The number of fused-ring (bicyclic) bond motifs is 1. The van der Waals surface area contributed by atoms with Gasteiger partial charge in [0.25, 0.3) is 0 Å². The molecule has 0 bridgehead atoms. The summed E-state index contributed by atoms with van der Waals surface area (Å²) in [6.45, 7) is 7.42. The Labute approximate surface area is 123 Å². The maximum absolute atomic E-state index is 11.2. The molecule has 0 spiro atoms. The fourth-order valence-corrected chi connectivity index (χ4v) is 2.51. The summed E-state index contributed by atoms with van der Waals surface area (Å²) < 4.78 is 11.2. The van der Waals surface area contributed by atoms with Gasteiger partial charge in [0.2, 0.25) is 0 Å². The highest BCUT2D eigenvalue weighted by Gasteiger charge is 2.29. The molecule has 0 aromatic heterocycles. The van der Waals surface area contributed by atoms with Crippen molar-refractivity contribution in [2.75, 3.05) is 0 Å². The van der Waals surface area contributed by atoms with Crippen LogP contribution in [0.25, 0.3) is 5.57 Å². The topological polar surface area (TPSA) is 35.5 Å².